The number of ether oxygens (including phenoxy) is 3. The first-order chi connectivity index (χ1) is 46.9. The molecule has 5 aromatic carbocycles. The molecule has 0 amide bonds. The zero-order valence-corrected chi connectivity index (χ0v) is 61.0. The quantitative estimate of drug-likeness (QED) is 0.0387. The van der Waals surface area contributed by atoms with E-state index in [0.29, 0.717) is 11.8 Å². The minimum Gasteiger partial charge on any atom is -0.493 e. The number of hydrogen-bond acceptors (Lipinski definition) is 17. The first-order valence-electron chi connectivity index (χ1n) is 36.4. The van der Waals surface area contributed by atoms with Crippen LogP contribution in [-0.4, -0.2) is 152 Å². The predicted octanol–water partition coefficient (Wildman–Crippen LogP) is 14.5. The van der Waals surface area contributed by atoms with E-state index in [4.69, 9.17) is 27.8 Å². The lowest BCUT2D eigenvalue weighted by Crippen LogP contribution is -2.33. The molecule has 534 valence electrons. The van der Waals surface area contributed by atoms with Crippen molar-refractivity contribution in [2.75, 3.05) is 101 Å². The van der Waals surface area contributed by atoms with E-state index in [0.717, 1.165) is 243 Å². The van der Waals surface area contributed by atoms with Crippen molar-refractivity contribution in [2.45, 2.75) is 162 Å². The fraction of sp³-hybridized carbons (Fsp3) is 0.582. The standard InChI is InChI=1S/2C29H39N3O3.C21H31N3O2.2ClH/c2*1-31(2)18-26-28(34-20-22-7-8-22)12-10-25-27(30-35-29(25)26)11-9-21-13-15-32(16-14-21)17-23-5-3-4-6-24(23)19-33;1-24(2)13-18-20(25-14-16-3-4-16)8-6-17-19(23-26-21(17)18)7-5-15-9-11-22-12-10-15;;/h2*3-6,10,12,21-22,33H,7-9,11,13-20H2,1-2H3;6,8,15-16,22H,3-5,7,9-14H2,1-2H3;2*1H. The third-order valence-electron chi connectivity index (χ3n) is 20.9. The molecule has 3 aliphatic carbocycles. The number of aliphatic hydroxyl groups is 2. The maximum Gasteiger partial charge on any atom is 0.175 e. The van der Waals surface area contributed by atoms with E-state index in [2.05, 4.69) is 148 Å². The zero-order valence-electron chi connectivity index (χ0n) is 59.3. The SMILES string of the molecule is CN(C)Cc1c(OCC2CC2)ccc2c(CCC3CCN(Cc4ccccc4CO)CC3)noc12.CN(C)Cc1c(OCC2CC2)ccc2c(CCC3CCN(Cc4ccccc4CO)CC3)noc12.CN(C)Cc1c(OCC2CC2)ccc2c(CCC3CCNCC3)noc12.Cl.Cl. The van der Waals surface area contributed by atoms with Crippen molar-refractivity contribution in [1.82, 2.24) is 45.3 Å². The second-order valence-electron chi connectivity index (χ2n) is 29.7. The van der Waals surface area contributed by atoms with Crippen LogP contribution in [0.2, 0.25) is 0 Å². The maximum atomic E-state index is 9.61. The molecule has 0 radical (unpaired) electrons. The van der Waals surface area contributed by atoms with Crippen molar-refractivity contribution in [1.29, 1.82) is 0 Å². The summed E-state index contributed by atoms with van der Waals surface area (Å²) in [5.41, 5.74) is 13.9. The Hall–Kier alpha value is -5.83. The molecular weight excluding hydrogens is 1270 g/mol. The monoisotopic (exact) mass is 1380 g/mol. The van der Waals surface area contributed by atoms with Crippen molar-refractivity contribution in [3.8, 4) is 17.2 Å². The molecule has 3 saturated carbocycles. The third-order valence-corrected chi connectivity index (χ3v) is 20.9. The summed E-state index contributed by atoms with van der Waals surface area (Å²) >= 11 is 0. The number of rotatable bonds is 30. The van der Waals surface area contributed by atoms with Crippen LogP contribution in [0, 0.1) is 35.5 Å². The fourth-order valence-corrected chi connectivity index (χ4v) is 14.4. The molecule has 19 heteroatoms. The van der Waals surface area contributed by atoms with Gasteiger partial charge in [-0.15, -0.1) is 24.8 Å². The molecule has 17 nitrogen and oxygen atoms in total. The van der Waals surface area contributed by atoms with Gasteiger partial charge in [0, 0.05) is 48.9 Å². The summed E-state index contributed by atoms with van der Waals surface area (Å²) in [7, 11) is 12.5. The molecule has 0 unspecified atom stereocenters. The molecule has 8 aromatic rings. The van der Waals surface area contributed by atoms with Crippen LogP contribution >= 0.6 is 24.8 Å². The predicted molar refractivity (Wildman–Crippen MR) is 395 cm³/mol. The molecule has 6 fully saturated rings. The highest BCUT2D eigenvalue weighted by atomic mass is 35.5. The third kappa shape index (κ3) is 20.9. The van der Waals surface area contributed by atoms with E-state index < -0.39 is 0 Å². The molecule has 3 N–H and O–H groups in total. The summed E-state index contributed by atoms with van der Waals surface area (Å²) in [6.07, 6.45) is 21.5. The van der Waals surface area contributed by atoms with Crippen LogP contribution in [0.1, 0.15) is 152 Å². The van der Waals surface area contributed by atoms with Crippen LogP contribution in [0.5, 0.6) is 17.2 Å². The van der Waals surface area contributed by atoms with Gasteiger partial charge in [0.05, 0.1) is 66.8 Å². The number of halogens is 2. The summed E-state index contributed by atoms with van der Waals surface area (Å²) in [5.74, 6) is 7.27. The Balaban J connectivity index is 0.000000160. The van der Waals surface area contributed by atoms with Crippen LogP contribution in [0.3, 0.4) is 0 Å². The van der Waals surface area contributed by atoms with Crippen LogP contribution in [-0.2, 0) is 65.2 Å². The molecule has 6 aliphatic rings. The Labute approximate surface area is 594 Å². The van der Waals surface area contributed by atoms with Gasteiger partial charge in [0.2, 0.25) is 0 Å². The number of benzene rings is 5. The minimum absolute atomic E-state index is 0. The van der Waals surface area contributed by atoms with Crippen molar-refractivity contribution >= 4 is 57.7 Å². The second-order valence-corrected chi connectivity index (χ2v) is 29.7. The number of aryl methyl sites for hydroxylation is 3. The summed E-state index contributed by atoms with van der Waals surface area (Å²) in [4.78, 5) is 11.5. The van der Waals surface area contributed by atoms with Crippen LogP contribution < -0.4 is 19.5 Å². The largest absolute Gasteiger partial charge is 0.493 e. The smallest absolute Gasteiger partial charge is 0.175 e. The highest BCUT2D eigenvalue weighted by molar-refractivity contribution is 5.87. The van der Waals surface area contributed by atoms with Crippen molar-refractivity contribution in [3.05, 3.63) is 141 Å². The average Bonchev–Trinajstić information content (AvgIpc) is 1.79. The first-order valence-corrected chi connectivity index (χ1v) is 36.4. The summed E-state index contributed by atoms with van der Waals surface area (Å²) in [6, 6.07) is 29.2. The van der Waals surface area contributed by atoms with E-state index >= 15 is 0 Å². The van der Waals surface area contributed by atoms with Crippen LogP contribution in [0.15, 0.2) is 98.5 Å². The zero-order chi connectivity index (χ0) is 66.3. The van der Waals surface area contributed by atoms with Gasteiger partial charge in [0.15, 0.2) is 16.7 Å². The van der Waals surface area contributed by atoms with Gasteiger partial charge in [0.25, 0.3) is 0 Å². The van der Waals surface area contributed by atoms with Gasteiger partial charge >= 0.3 is 0 Å². The molecule has 6 heterocycles. The average molecular weight is 1390 g/mol. The lowest BCUT2D eigenvalue weighted by Gasteiger charge is -2.32. The Morgan fingerprint density at radius 3 is 1.01 bits per heavy atom. The molecule has 3 aromatic heterocycles. The Bertz CT molecular complexity index is 3550. The molecule has 0 atom stereocenters. The van der Waals surface area contributed by atoms with Gasteiger partial charge in [-0.05, 0) is 291 Å². The van der Waals surface area contributed by atoms with Gasteiger partial charge < -0.3 is 58.0 Å². The summed E-state index contributed by atoms with van der Waals surface area (Å²) < 4.78 is 36.1. The van der Waals surface area contributed by atoms with E-state index in [1.54, 1.807) is 0 Å². The van der Waals surface area contributed by atoms with Gasteiger partial charge in [-0.1, -0.05) is 64.0 Å². The number of nitrogens with one attached hydrogen (secondary N) is 1. The number of nitrogens with zero attached hydrogens (tertiary/aromatic N) is 8. The summed E-state index contributed by atoms with van der Waals surface area (Å²) in [5, 5.41) is 39.5. The number of fused-ring (bicyclic) bond motifs is 3. The number of piperidine rings is 3. The van der Waals surface area contributed by atoms with Crippen molar-refractivity contribution in [3.63, 3.8) is 0 Å². The first kappa shape index (κ1) is 74.8. The van der Waals surface area contributed by atoms with Crippen molar-refractivity contribution in [2.24, 2.45) is 35.5 Å². The topological polar surface area (TPSA) is 174 Å². The van der Waals surface area contributed by atoms with E-state index in [9.17, 15) is 10.2 Å². The molecule has 0 bridgehead atoms. The highest BCUT2D eigenvalue weighted by Gasteiger charge is 2.29. The molecule has 3 saturated heterocycles. The Kier molecular flexibility index (Phi) is 28.0. The van der Waals surface area contributed by atoms with E-state index in [-0.39, 0.29) is 38.0 Å². The second kappa shape index (κ2) is 36.7. The summed E-state index contributed by atoms with van der Waals surface area (Å²) in [6.45, 7) is 13.6. The number of aliphatic hydroxyl groups excluding tert-OH is 2. The molecule has 98 heavy (non-hydrogen) atoms. The molecule has 14 rings (SSSR count). The van der Waals surface area contributed by atoms with Gasteiger partial charge in [-0.3, -0.25) is 9.80 Å². The Morgan fingerprint density at radius 2 is 0.714 bits per heavy atom. The normalized spacial score (nSPS) is 17.5. The lowest BCUT2D eigenvalue weighted by atomic mass is 9.90. The Morgan fingerprint density at radius 1 is 0.408 bits per heavy atom. The van der Waals surface area contributed by atoms with Gasteiger partial charge in [-0.2, -0.15) is 0 Å². The minimum atomic E-state index is 0. The van der Waals surface area contributed by atoms with Crippen LogP contribution in [0.25, 0.3) is 32.9 Å². The highest BCUT2D eigenvalue weighted by Crippen LogP contribution is 2.39. The van der Waals surface area contributed by atoms with E-state index in [1.165, 1.54) is 94.6 Å². The lowest BCUT2D eigenvalue weighted by molar-refractivity contribution is 0.170. The van der Waals surface area contributed by atoms with E-state index in [1.807, 2.05) is 24.3 Å². The van der Waals surface area contributed by atoms with Gasteiger partial charge in [-0.25, -0.2) is 0 Å². The molecule has 3 aliphatic heterocycles. The molecule has 0 spiro atoms. The number of hydrogen-bond donors (Lipinski definition) is 3. The van der Waals surface area contributed by atoms with Crippen molar-refractivity contribution < 1.29 is 38.0 Å². The number of likely N-dealkylation sites (tertiary alicyclic amines) is 2. The molecular formula is C79H111Cl2N9O8. The fourth-order valence-electron chi connectivity index (χ4n) is 14.4. The maximum absolute atomic E-state index is 9.61. The van der Waals surface area contributed by atoms with Gasteiger partial charge in [0.1, 0.15) is 17.2 Å². The number of aromatic nitrogens is 3. The van der Waals surface area contributed by atoms with Crippen LogP contribution in [0.4, 0.5) is 0 Å².